The Morgan fingerprint density at radius 3 is 1.98 bits per heavy atom. The van der Waals surface area contributed by atoms with Gasteiger partial charge in [-0.1, -0.05) is 30.3 Å². The third-order valence-corrected chi connectivity index (χ3v) is 10.9. The molecule has 0 aliphatic heterocycles. The first-order valence-corrected chi connectivity index (χ1v) is 15.7. The average molecular weight is 691 g/mol. The number of aromatic nitrogens is 2. The molecule has 0 bridgehead atoms. The van der Waals surface area contributed by atoms with Gasteiger partial charge in [0, 0.05) is 23.4 Å². The zero-order valence-electron chi connectivity index (χ0n) is 24.8. The minimum atomic E-state index is -6.18. The number of ether oxygens (including phenoxy) is 1. The fourth-order valence-corrected chi connectivity index (χ4v) is 7.98. The van der Waals surface area contributed by atoms with Crippen LogP contribution in [0.5, 0.6) is 0 Å². The summed E-state index contributed by atoms with van der Waals surface area (Å²) in [6.07, 6.45) is -11.0. The largest absolute Gasteiger partial charge is 0.430 e. The molecule has 15 heteroatoms. The summed E-state index contributed by atoms with van der Waals surface area (Å²) >= 11 is 0. The first-order chi connectivity index (χ1) is 21.8. The van der Waals surface area contributed by atoms with Gasteiger partial charge in [-0.05, 0) is 80.6 Å². The lowest BCUT2D eigenvalue weighted by atomic mass is 9.81. The summed E-state index contributed by atoms with van der Waals surface area (Å²) in [5.41, 5.74) is -6.72. The van der Waals surface area contributed by atoms with Crippen LogP contribution in [-0.4, -0.2) is 30.6 Å². The zero-order chi connectivity index (χ0) is 34.6. The fraction of sp³-hybridized carbons (Fsp3) is 0.344. The molecule has 1 unspecified atom stereocenters. The summed E-state index contributed by atoms with van der Waals surface area (Å²) in [7, 11) is -4.47. The second-order valence-electron chi connectivity index (χ2n) is 11.5. The van der Waals surface area contributed by atoms with Crippen LogP contribution in [0.3, 0.4) is 0 Å². The Bertz CT molecular complexity index is 1830. The number of rotatable bonds is 8. The molecular weight excluding hydrogens is 663 g/mol. The molecule has 1 aromatic heterocycles. The van der Waals surface area contributed by atoms with Gasteiger partial charge in [0.2, 0.25) is 0 Å². The van der Waals surface area contributed by atoms with Crippen molar-refractivity contribution in [2.75, 3.05) is 0 Å². The van der Waals surface area contributed by atoms with Crippen LogP contribution in [0.25, 0.3) is 0 Å². The number of nitrogens with zero attached hydrogens (tertiary/aromatic N) is 2. The molecule has 0 fully saturated rings. The highest BCUT2D eigenvalue weighted by Crippen LogP contribution is 2.54. The topological polar surface area (TPSA) is 61.2 Å². The van der Waals surface area contributed by atoms with Gasteiger partial charge in [0.15, 0.2) is 9.84 Å². The molecule has 0 amide bonds. The summed E-state index contributed by atoms with van der Waals surface area (Å²) < 4.78 is 162. The van der Waals surface area contributed by atoms with Crippen LogP contribution < -0.4 is 0 Å². The summed E-state index contributed by atoms with van der Waals surface area (Å²) in [6.45, 7) is 1.95. The predicted molar refractivity (Wildman–Crippen MR) is 151 cm³/mol. The van der Waals surface area contributed by atoms with E-state index in [2.05, 4.69) is 9.84 Å². The molecule has 47 heavy (non-hydrogen) atoms. The molecule has 252 valence electrons. The molecule has 0 radical (unpaired) electrons. The Labute approximate surface area is 263 Å². The summed E-state index contributed by atoms with van der Waals surface area (Å²) in [4.78, 5) is -0.308. The smallest absolute Gasteiger partial charge is 0.349 e. The van der Waals surface area contributed by atoms with Crippen LogP contribution in [0, 0.1) is 17.5 Å². The third-order valence-electron chi connectivity index (χ3n) is 8.41. The molecule has 0 N–H and O–H groups in total. The van der Waals surface area contributed by atoms with Gasteiger partial charge in [0.05, 0.1) is 17.2 Å². The van der Waals surface area contributed by atoms with Crippen LogP contribution in [0.15, 0.2) is 77.8 Å². The van der Waals surface area contributed by atoms with E-state index in [1.165, 1.54) is 0 Å². The van der Waals surface area contributed by atoms with Crippen molar-refractivity contribution >= 4 is 9.84 Å². The van der Waals surface area contributed by atoms with E-state index in [0.717, 1.165) is 42.5 Å². The van der Waals surface area contributed by atoms with Crippen molar-refractivity contribution < 1.29 is 52.7 Å². The van der Waals surface area contributed by atoms with Crippen molar-refractivity contribution in [3.05, 3.63) is 118 Å². The maximum absolute atomic E-state index is 14.5. The molecule has 0 spiro atoms. The first-order valence-electron chi connectivity index (χ1n) is 14.2. The minimum Gasteiger partial charge on any atom is -0.349 e. The summed E-state index contributed by atoms with van der Waals surface area (Å²) in [5, 5.41) is 4.49. The molecule has 5 rings (SSSR count). The van der Waals surface area contributed by atoms with E-state index in [0.29, 0.717) is 35.5 Å². The summed E-state index contributed by atoms with van der Waals surface area (Å²) in [5.74, 6) is -3.55. The quantitative estimate of drug-likeness (QED) is 0.138. The zero-order valence-corrected chi connectivity index (χ0v) is 25.6. The Morgan fingerprint density at radius 1 is 0.872 bits per heavy atom. The Balaban J connectivity index is 1.66. The third kappa shape index (κ3) is 5.81. The molecule has 3 aromatic carbocycles. The standard InChI is InChI=1S/C32H27F9N2O3S/c1-19(2)43-17-20-16-29(15-14-28(20)42-43,47(44,45)24-12-10-23(33)11-13-24)21-6-8-22(9-7-21)30(31(36,37)38,32(39,40)41)46-18-25-26(34)4-3-5-27(25)35/h3-13,17,19H,14-16,18H2,1-2H3. The molecule has 0 saturated carbocycles. The Morgan fingerprint density at radius 2 is 1.45 bits per heavy atom. The van der Waals surface area contributed by atoms with Crippen molar-refractivity contribution in [1.29, 1.82) is 0 Å². The van der Waals surface area contributed by atoms with Crippen molar-refractivity contribution in [3.63, 3.8) is 0 Å². The van der Waals surface area contributed by atoms with Crippen molar-refractivity contribution in [1.82, 2.24) is 9.78 Å². The van der Waals surface area contributed by atoms with Crippen LogP contribution in [0.4, 0.5) is 39.5 Å². The van der Waals surface area contributed by atoms with Gasteiger partial charge < -0.3 is 4.74 Å². The second kappa shape index (κ2) is 12.0. The Hall–Kier alpha value is -3.85. The molecule has 1 aliphatic carbocycles. The minimum absolute atomic E-state index is 0.0984. The van der Waals surface area contributed by atoms with Gasteiger partial charge >= 0.3 is 12.4 Å². The van der Waals surface area contributed by atoms with Crippen LogP contribution in [0.1, 0.15) is 54.3 Å². The molecule has 1 heterocycles. The van der Waals surface area contributed by atoms with E-state index < -0.39 is 67.7 Å². The van der Waals surface area contributed by atoms with Crippen molar-refractivity contribution in [3.8, 4) is 0 Å². The average Bonchev–Trinajstić information content (AvgIpc) is 3.41. The highest BCUT2D eigenvalue weighted by Gasteiger charge is 2.73. The maximum Gasteiger partial charge on any atom is 0.430 e. The van der Waals surface area contributed by atoms with E-state index in [1.807, 2.05) is 13.8 Å². The first kappa shape index (κ1) is 34.5. The number of hydrogen-bond donors (Lipinski definition) is 0. The van der Waals surface area contributed by atoms with Crippen molar-refractivity contribution in [2.24, 2.45) is 0 Å². The number of halogens is 9. The van der Waals surface area contributed by atoms with E-state index in [1.54, 1.807) is 10.9 Å². The van der Waals surface area contributed by atoms with E-state index in [4.69, 9.17) is 0 Å². The number of fused-ring (bicyclic) bond motifs is 1. The highest BCUT2D eigenvalue weighted by atomic mass is 32.2. The molecular formula is C32H27F9N2O3S. The van der Waals surface area contributed by atoms with Gasteiger partial charge in [0.1, 0.15) is 22.2 Å². The number of sulfone groups is 1. The summed E-state index contributed by atoms with van der Waals surface area (Å²) in [6, 6.07) is 8.57. The van der Waals surface area contributed by atoms with Crippen LogP contribution in [-0.2, 0) is 44.4 Å². The van der Waals surface area contributed by atoms with Crippen molar-refractivity contribution in [2.45, 2.75) is 73.4 Å². The number of hydrogen-bond acceptors (Lipinski definition) is 4. The van der Waals surface area contributed by atoms with Gasteiger partial charge in [-0.3, -0.25) is 4.68 Å². The SMILES string of the molecule is CC(C)n1cc2c(n1)CCC(c1ccc(C(OCc3c(F)cccc3F)(C(F)(F)F)C(F)(F)F)cc1)(S(=O)(=O)c1ccc(F)cc1)C2. The lowest BCUT2D eigenvalue weighted by Crippen LogP contribution is -2.56. The number of aryl methyl sites for hydroxylation is 1. The van der Waals surface area contributed by atoms with Gasteiger partial charge in [-0.15, -0.1) is 0 Å². The number of benzene rings is 3. The normalized spacial score (nSPS) is 17.6. The van der Waals surface area contributed by atoms with E-state index in [-0.39, 0.29) is 35.8 Å². The highest BCUT2D eigenvalue weighted by molar-refractivity contribution is 7.92. The van der Waals surface area contributed by atoms with E-state index in [9.17, 15) is 47.9 Å². The molecule has 1 atom stereocenters. The fourth-order valence-electron chi connectivity index (χ4n) is 5.87. The Kier molecular flexibility index (Phi) is 8.80. The molecule has 1 aliphatic rings. The van der Waals surface area contributed by atoms with Gasteiger partial charge in [0.25, 0.3) is 5.60 Å². The van der Waals surface area contributed by atoms with Gasteiger partial charge in [-0.2, -0.15) is 31.4 Å². The molecule has 5 nitrogen and oxygen atoms in total. The maximum atomic E-state index is 14.5. The monoisotopic (exact) mass is 690 g/mol. The van der Waals surface area contributed by atoms with Crippen LogP contribution >= 0.6 is 0 Å². The molecule has 0 saturated heterocycles. The molecule has 4 aromatic rings. The number of alkyl halides is 6. The predicted octanol–water partition coefficient (Wildman–Crippen LogP) is 8.28. The lowest BCUT2D eigenvalue weighted by Gasteiger charge is -2.39. The van der Waals surface area contributed by atoms with Crippen LogP contribution in [0.2, 0.25) is 0 Å². The van der Waals surface area contributed by atoms with E-state index >= 15 is 0 Å². The second-order valence-corrected chi connectivity index (χ2v) is 13.8. The van der Waals surface area contributed by atoms with Gasteiger partial charge in [-0.25, -0.2) is 21.6 Å². The lowest BCUT2D eigenvalue weighted by molar-refractivity contribution is -0.392.